The van der Waals surface area contributed by atoms with Gasteiger partial charge >= 0.3 is 12.1 Å². The first kappa shape index (κ1) is 20.7. The number of halogens is 1. The highest BCUT2D eigenvalue weighted by atomic mass is 35.5. The van der Waals surface area contributed by atoms with Crippen LogP contribution in [0.2, 0.25) is 5.02 Å². The van der Waals surface area contributed by atoms with Crippen molar-refractivity contribution in [3.8, 4) is 0 Å². The van der Waals surface area contributed by atoms with Crippen LogP contribution in [0.3, 0.4) is 0 Å². The van der Waals surface area contributed by atoms with E-state index >= 15 is 0 Å². The Morgan fingerprint density at radius 1 is 1.03 bits per heavy atom. The number of nitrogens with zero attached hydrogens (tertiary/aromatic N) is 2. The molecule has 8 heteroatoms. The molecule has 34 heavy (non-hydrogen) atoms. The second kappa shape index (κ2) is 7.33. The van der Waals surface area contributed by atoms with E-state index in [-0.39, 0.29) is 24.0 Å². The highest BCUT2D eigenvalue weighted by Crippen LogP contribution is 2.67. The van der Waals surface area contributed by atoms with Crippen molar-refractivity contribution in [1.29, 1.82) is 0 Å². The lowest BCUT2D eigenvalue weighted by atomic mass is 9.92. The molecule has 3 aromatic carbocycles. The van der Waals surface area contributed by atoms with E-state index in [2.05, 4.69) is 0 Å². The Hall–Kier alpha value is -3.84. The van der Waals surface area contributed by atoms with Gasteiger partial charge in [-0.1, -0.05) is 41.9 Å². The number of cyclic esters (lactones) is 1. The summed E-state index contributed by atoms with van der Waals surface area (Å²) < 4.78 is 5.03. The minimum absolute atomic E-state index is 0.000830. The summed E-state index contributed by atoms with van der Waals surface area (Å²) in [5.41, 5.74) is 2.75. The number of fused-ring (bicyclic) bond motifs is 2. The number of hydrogen-bond donors (Lipinski definition) is 1. The second-order valence-corrected chi connectivity index (χ2v) is 9.18. The fourth-order valence-electron chi connectivity index (χ4n) is 5.25. The van der Waals surface area contributed by atoms with Gasteiger partial charge in [-0.25, -0.2) is 9.59 Å². The van der Waals surface area contributed by atoms with Crippen molar-refractivity contribution in [2.24, 2.45) is 0 Å². The molecule has 170 valence electrons. The van der Waals surface area contributed by atoms with E-state index in [0.717, 1.165) is 16.8 Å². The SMILES string of the molecule is O=C(O)c1cc(N2CCOC2=O)cc(N2C(=O)[C@@]3(C[C@@H]3c3ccc(Cl)cc3)c3ccccc32)c1. The van der Waals surface area contributed by atoms with Crippen LogP contribution in [0.15, 0.2) is 66.7 Å². The molecule has 0 unspecified atom stereocenters. The molecular formula is C26H19ClN2O5. The van der Waals surface area contributed by atoms with Gasteiger partial charge in [0.25, 0.3) is 0 Å². The van der Waals surface area contributed by atoms with E-state index in [1.54, 1.807) is 11.0 Å². The van der Waals surface area contributed by atoms with Gasteiger partial charge in [-0.05, 0) is 53.9 Å². The van der Waals surface area contributed by atoms with Crippen molar-refractivity contribution in [2.75, 3.05) is 23.0 Å². The number of benzene rings is 3. The minimum atomic E-state index is -1.14. The van der Waals surface area contributed by atoms with E-state index < -0.39 is 17.5 Å². The maximum atomic E-state index is 14.0. The first-order valence-electron chi connectivity index (χ1n) is 10.9. The average molecular weight is 475 g/mol. The van der Waals surface area contributed by atoms with Crippen LogP contribution in [0.25, 0.3) is 0 Å². The van der Waals surface area contributed by atoms with E-state index in [0.29, 0.717) is 29.4 Å². The lowest BCUT2D eigenvalue weighted by Crippen LogP contribution is -2.30. The third kappa shape index (κ3) is 2.93. The number of carboxylic acids is 1. The number of anilines is 3. The lowest BCUT2D eigenvalue weighted by Gasteiger charge is -2.22. The molecule has 2 amide bonds. The number of carbonyl (C=O) groups excluding carboxylic acids is 2. The Morgan fingerprint density at radius 3 is 2.47 bits per heavy atom. The van der Waals surface area contributed by atoms with Crippen molar-refractivity contribution >= 4 is 46.6 Å². The van der Waals surface area contributed by atoms with E-state index in [4.69, 9.17) is 16.3 Å². The molecule has 1 aliphatic carbocycles. The predicted octanol–water partition coefficient (Wildman–Crippen LogP) is 5.10. The molecule has 2 fully saturated rings. The maximum absolute atomic E-state index is 14.0. The molecule has 0 bridgehead atoms. The Labute approximate surface area is 200 Å². The summed E-state index contributed by atoms with van der Waals surface area (Å²) in [7, 11) is 0. The van der Waals surface area contributed by atoms with Crippen molar-refractivity contribution in [2.45, 2.75) is 17.8 Å². The number of amides is 2. The molecule has 1 N–H and O–H groups in total. The first-order chi connectivity index (χ1) is 16.4. The van der Waals surface area contributed by atoms with Crippen molar-refractivity contribution in [3.05, 3.63) is 88.4 Å². The number of ether oxygens (including phenoxy) is 1. The molecule has 3 aliphatic rings. The maximum Gasteiger partial charge on any atom is 0.414 e. The molecule has 7 nitrogen and oxygen atoms in total. The Bertz CT molecular complexity index is 1370. The second-order valence-electron chi connectivity index (χ2n) is 8.75. The minimum Gasteiger partial charge on any atom is -0.478 e. The highest BCUT2D eigenvalue weighted by Gasteiger charge is 2.67. The number of carboxylic acid groups (broad SMARTS) is 1. The van der Waals surface area contributed by atoms with Gasteiger partial charge in [0.1, 0.15) is 6.61 Å². The number of aromatic carboxylic acids is 1. The summed E-state index contributed by atoms with van der Waals surface area (Å²) in [5, 5.41) is 10.4. The van der Waals surface area contributed by atoms with Crippen LogP contribution in [-0.4, -0.2) is 36.2 Å². The average Bonchev–Trinajstić information content (AvgIpc) is 3.36. The van der Waals surface area contributed by atoms with Crippen molar-refractivity contribution in [3.63, 3.8) is 0 Å². The summed E-state index contributed by atoms with van der Waals surface area (Å²) in [6.07, 6.45) is 0.119. The van der Waals surface area contributed by atoms with E-state index in [1.165, 1.54) is 17.0 Å². The van der Waals surface area contributed by atoms with Gasteiger partial charge in [-0.2, -0.15) is 0 Å². The smallest absolute Gasteiger partial charge is 0.414 e. The number of hydrogen-bond acceptors (Lipinski definition) is 4. The molecule has 2 aliphatic heterocycles. The lowest BCUT2D eigenvalue weighted by molar-refractivity contribution is -0.119. The summed E-state index contributed by atoms with van der Waals surface area (Å²) in [5.74, 6) is -1.25. The Kier molecular flexibility index (Phi) is 4.47. The molecule has 0 radical (unpaired) electrons. The zero-order valence-corrected chi connectivity index (χ0v) is 18.7. The number of carbonyl (C=O) groups is 3. The molecule has 6 rings (SSSR count). The molecular weight excluding hydrogens is 456 g/mol. The van der Waals surface area contributed by atoms with Gasteiger partial charge < -0.3 is 9.84 Å². The quantitative estimate of drug-likeness (QED) is 0.568. The highest BCUT2D eigenvalue weighted by molar-refractivity contribution is 6.30. The first-order valence-corrected chi connectivity index (χ1v) is 11.3. The number of rotatable bonds is 4. The van der Waals surface area contributed by atoms with Crippen LogP contribution in [-0.2, 0) is 14.9 Å². The third-order valence-electron chi connectivity index (χ3n) is 6.92. The standard InChI is InChI=1S/C26H19ClN2O5/c27-17-7-5-15(6-8-17)21-14-26(21)20-3-1-2-4-22(20)29(24(26)32)19-12-16(23(30)31)11-18(13-19)28-9-10-34-25(28)33/h1-8,11-13,21H,9-10,14H2,(H,30,31)/t21-,26+/m1/s1. The third-order valence-corrected chi connectivity index (χ3v) is 7.18. The molecule has 2 heterocycles. The molecule has 3 aromatic rings. The summed E-state index contributed by atoms with van der Waals surface area (Å²) in [4.78, 5) is 41.0. The van der Waals surface area contributed by atoms with Gasteiger partial charge in [-0.3, -0.25) is 14.6 Å². The summed E-state index contributed by atoms with van der Waals surface area (Å²) in [6.45, 7) is 0.539. The topological polar surface area (TPSA) is 87.2 Å². The van der Waals surface area contributed by atoms with Crippen molar-refractivity contribution in [1.82, 2.24) is 0 Å². The van der Waals surface area contributed by atoms with Gasteiger partial charge in [0.2, 0.25) is 5.91 Å². The summed E-state index contributed by atoms with van der Waals surface area (Å²) >= 11 is 6.06. The van der Waals surface area contributed by atoms with Gasteiger partial charge in [0.15, 0.2) is 0 Å². The summed E-state index contributed by atoms with van der Waals surface area (Å²) in [6, 6.07) is 19.7. The normalized spacial score (nSPS) is 22.8. The van der Waals surface area contributed by atoms with Crippen LogP contribution in [0.5, 0.6) is 0 Å². The fraction of sp³-hybridized carbons (Fsp3) is 0.192. The van der Waals surface area contributed by atoms with E-state index in [1.807, 2.05) is 48.5 Å². The molecule has 1 saturated heterocycles. The molecule has 0 aromatic heterocycles. The van der Waals surface area contributed by atoms with Crippen LogP contribution >= 0.6 is 11.6 Å². The van der Waals surface area contributed by atoms with Crippen LogP contribution in [0.1, 0.15) is 33.8 Å². The Balaban J connectivity index is 1.47. The largest absolute Gasteiger partial charge is 0.478 e. The molecule has 2 atom stereocenters. The predicted molar refractivity (Wildman–Crippen MR) is 126 cm³/mol. The van der Waals surface area contributed by atoms with Gasteiger partial charge in [0.05, 0.1) is 34.6 Å². The Morgan fingerprint density at radius 2 is 1.76 bits per heavy atom. The van der Waals surface area contributed by atoms with Crippen LogP contribution in [0.4, 0.5) is 21.9 Å². The zero-order chi connectivity index (χ0) is 23.6. The molecule has 1 saturated carbocycles. The molecule has 1 spiro atoms. The van der Waals surface area contributed by atoms with E-state index in [9.17, 15) is 19.5 Å². The monoisotopic (exact) mass is 474 g/mol. The zero-order valence-electron chi connectivity index (χ0n) is 17.9. The number of para-hydroxylation sites is 1. The fourth-order valence-corrected chi connectivity index (χ4v) is 5.38. The van der Waals surface area contributed by atoms with Gasteiger partial charge in [0, 0.05) is 10.9 Å². The van der Waals surface area contributed by atoms with Crippen LogP contribution in [0, 0.1) is 0 Å². The van der Waals surface area contributed by atoms with Crippen molar-refractivity contribution < 1.29 is 24.2 Å². The van der Waals surface area contributed by atoms with Gasteiger partial charge in [-0.15, -0.1) is 0 Å². The van der Waals surface area contributed by atoms with Crippen LogP contribution < -0.4 is 9.80 Å².